The van der Waals surface area contributed by atoms with Crippen molar-refractivity contribution >= 4 is 15.8 Å². The molecule has 29 heavy (non-hydrogen) atoms. The Morgan fingerprint density at radius 1 is 1.03 bits per heavy atom. The highest BCUT2D eigenvalue weighted by Gasteiger charge is 2.21. The fourth-order valence-corrected chi connectivity index (χ4v) is 4.21. The number of hydrogen-bond donors (Lipinski definition) is 1. The van der Waals surface area contributed by atoms with Gasteiger partial charge in [-0.25, -0.2) is 13.1 Å². The van der Waals surface area contributed by atoms with E-state index in [1.807, 2.05) is 49.4 Å². The molecule has 0 aliphatic carbocycles. The molecule has 0 unspecified atom stereocenters. The molecule has 1 aliphatic heterocycles. The molecule has 0 saturated carbocycles. The Hall–Kier alpha value is -3.32. The van der Waals surface area contributed by atoms with Gasteiger partial charge < -0.3 is 4.74 Å². The van der Waals surface area contributed by atoms with E-state index in [1.54, 1.807) is 22.9 Å². The zero-order valence-electron chi connectivity index (χ0n) is 16.2. The van der Waals surface area contributed by atoms with Gasteiger partial charge in [-0.2, -0.15) is 5.10 Å². The monoisotopic (exact) mass is 407 g/mol. The zero-order chi connectivity index (χ0) is 20.4. The van der Waals surface area contributed by atoms with Crippen LogP contribution in [0.25, 0.3) is 17.1 Å². The van der Waals surface area contributed by atoms with E-state index in [0.29, 0.717) is 18.0 Å². The molecule has 7 heteroatoms. The van der Waals surface area contributed by atoms with Crippen LogP contribution in [0.4, 0.5) is 0 Å². The lowest BCUT2D eigenvalue weighted by molar-refractivity contribution is 0.414. The number of aromatic nitrogens is 2. The summed E-state index contributed by atoms with van der Waals surface area (Å²) in [5, 5.41) is 4.67. The number of hydrogen-bond acceptors (Lipinski definition) is 4. The molecule has 3 aromatic rings. The van der Waals surface area contributed by atoms with Gasteiger partial charge in [-0.15, -0.1) is 0 Å². The van der Waals surface area contributed by atoms with Crippen LogP contribution in [0.5, 0.6) is 5.75 Å². The average Bonchev–Trinajstić information content (AvgIpc) is 3.09. The van der Waals surface area contributed by atoms with Crippen molar-refractivity contribution in [3.8, 4) is 17.0 Å². The minimum atomic E-state index is -3.78. The first-order valence-corrected chi connectivity index (χ1v) is 10.6. The fraction of sp³-hybridized carbons (Fsp3) is 0.136. The maximum atomic E-state index is 12.9. The molecule has 0 bridgehead atoms. The van der Waals surface area contributed by atoms with E-state index in [0.717, 1.165) is 22.5 Å². The summed E-state index contributed by atoms with van der Waals surface area (Å²) in [6.07, 6.45) is 4.33. The fourth-order valence-electron chi connectivity index (χ4n) is 3.17. The first-order valence-electron chi connectivity index (χ1n) is 9.15. The molecule has 0 saturated heterocycles. The normalized spacial score (nSPS) is 13.7. The number of methoxy groups -OCH3 is 1. The predicted molar refractivity (Wildman–Crippen MR) is 113 cm³/mol. The van der Waals surface area contributed by atoms with Crippen molar-refractivity contribution in [1.82, 2.24) is 14.5 Å². The summed E-state index contributed by atoms with van der Waals surface area (Å²) in [6, 6.07) is 18.1. The number of nitrogens with one attached hydrogen (secondary N) is 1. The van der Waals surface area contributed by atoms with Gasteiger partial charge in [-0.05, 0) is 43.3 Å². The number of rotatable bonds is 5. The van der Waals surface area contributed by atoms with Gasteiger partial charge in [0, 0.05) is 12.0 Å². The van der Waals surface area contributed by atoms with Gasteiger partial charge >= 0.3 is 0 Å². The summed E-state index contributed by atoms with van der Waals surface area (Å²) in [7, 11) is -2.24. The minimum Gasteiger partial charge on any atom is -0.497 e. The predicted octanol–water partition coefficient (Wildman–Crippen LogP) is 3.84. The Balaban J connectivity index is 1.71. The Morgan fingerprint density at radius 2 is 1.76 bits per heavy atom. The number of benzene rings is 2. The smallest absolute Gasteiger partial charge is 0.263 e. The molecule has 0 spiro atoms. The maximum Gasteiger partial charge on any atom is 0.263 e. The number of fused-ring (bicyclic) bond motifs is 1. The molecule has 2 heterocycles. The molecule has 0 radical (unpaired) electrons. The third-order valence-corrected chi connectivity index (χ3v) is 6.05. The van der Waals surface area contributed by atoms with Crippen molar-refractivity contribution in [2.75, 3.05) is 7.11 Å². The van der Waals surface area contributed by atoms with Crippen molar-refractivity contribution in [3.05, 3.63) is 84.1 Å². The van der Waals surface area contributed by atoms with Crippen LogP contribution in [0, 0.1) is 0 Å². The van der Waals surface area contributed by atoms with E-state index in [9.17, 15) is 8.42 Å². The first-order chi connectivity index (χ1) is 14.0. The molecule has 0 atom stereocenters. The van der Waals surface area contributed by atoms with Gasteiger partial charge in [-0.3, -0.25) is 4.72 Å². The molecule has 1 aliphatic rings. The molecule has 2 aromatic carbocycles. The standard InChI is InChI=1S/C22H21N3O3S/c1-16-8-13-22(24-29(26,27)20-11-9-19(28-2)10-12-20)25-18(14-16)15-21(23-25)17-6-4-3-5-7-17/h3-13,15,24H,14H2,1-2H3. The second-order valence-electron chi connectivity index (χ2n) is 6.82. The van der Waals surface area contributed by atoms with E-state index in [-0.39, 0.29) is 4.90 Å². The minimum absolute atomic E-state index is 0.154. The highest BCUT2D eigenvalue weighted by Crippen LogP contribution is 2.25. The Kier molecular flexibility index (Phi) is 4.98. The molecule has 148 valence electrons. The van der Waals surface area contributed by atoms with Crippen molar-refractivity contribution in [1.29, 1.82) is 0 Å². The van der Waals surface area contributed by atoms with Gasteiger partial charge in [-0.1, -0.05) is 42.0 Å². The van der Waals surface area contributed by atoms with Crippen LogP contribution in [-0.4, -0.2) is 25.3 Å². The quantitative estimate of drug-likeness (QED) is 0.697. The highest BCUT2D eigenvalue weighted by atomic mass is 32.2. The van der Waals surface area contributed by atoms with E-state index >= 15 is 0 Å². The van der Waals surface area contributed by atoms with Crippen molar-refractivity contribution < 1.29 is 13.2 Å². The van der Waals surface area contributed by atoms with Crippen LogP contribution in [0.1, 0.15) is 12.6 Å². The van der Waals surface area contributed by atoms with Gasteiger partial charge in [0.1, 0.15) is 11.6 Å². The molecule has 0 amide bonds. The van der Waals surface area contributed by atoms with Crippen LogP contribution >= 0.6 is 0 Å². The van der Waals surface area contributed by atoms with Crippen molar-refractivity contribution in [2.45, 2.75) is 18.2 Å². The van der Waals surface area contributed by atoms with Crippen molar-refractivity contribution in [3.63, 3.8) is 0 Å². The summed E-state index contributed by atoms with van der Waals surface area (Å²) in [4.78, 5) is 0.154. The summed E-state index contributed by atoms with van der Waals surface area (Å²) in [5.41, 5.74) is 3.81. The molecular formula is C22H21N3O3S. The van der Waals surface area contributed by atoms with E-state index in [1.165, 1.54) is 19.2 Å². The second kappa shape index (κ2) is 7.60. The van der Waals surface area contributed by atoms with Gasteiger partial charge in [0.05, 0.1) is 23.4 Å². The molecular weight excluding hydrogens is 386 g/mol. The van der Waals surface area contributed by atoms with Gasteiger partial charge in [0.2, 0.25) is 0 Å². The Morgan fingerprint density at radius 3 is 2.45 bits per heavy atom. The highest BCUT2D eigenvalue weighted by molar-refractivity contribution is 7.89. The van der Waals surface area contributed by atoms with E-state index in [2.05, 4.69) is 9.82 Å². The zero-order valence-corrected chi connectivity index (χ0v) is 17.0. The lowest BCUT2D eigenvalue weighted by atomic mass is 10.1. The second-order valence-corrected chi connectivity index (χ2v) is 8.50. The molecule has 6 nitrogen and oxygen atoms in total. The Bertz CT molecular complexity index is 1190. The van der Waals surface area contributed by atoms with Crippen LogP contribution in [-0.2, 0) is 16.4 Å². The summed E-state index contributed by atoms with van der Waals surface area (Å²) in [6.45, 7) is 2.01. The van der Waals surface area contributed by atoms with Crippen LogP contribution in [0.3, 0.4) is 0 Å². The summed E-state index contributed by atoms with van der Waals surface area (Å²) >= 11 is 0. The molecule has 4 rings (SSSR count). The molecule has 1 N–H and O–H groups in total. The first kappa shape index (κ1) is 19.0. The Labute approximate surface area is 170 Å². The van der Waals surface area contributed by atoms with E-state index in [4.69, 9.17) is 4.74 Å². The van der Waals surface area contributed by atoms with E-state index < -0.39 is 10.0 Å². The molecule has 1 aromatic heterocycles. The topological polar surface area (TPSA) is 73.2 Å². The number of sulfonamides is 1. The van der Waals surface area contributed by atoms with Crippen LogP contribution in [0.2, 0.25) is 0 Å². The van der Waals surface area contributed by atoms with Crippen LogP contribution < -0.4 is 9.46 Å². The largest absolute Gasteiger partial charge is 0.497 e. The van der Waals surface area contributed by atoms with Gasteiger partial charge in [0.15, 0.2) is 0 Å². The van der Waals surface area contributed by atoms with Gasteiger partial charge in [0.25, 0.3) is 10.0 Å². The third kappa shape index (κ3) is 3.95. The molecule has 0 fully saturated rings. The van der Waals surface area contributed by atoms with Crippen LogP contribution in [0.15, 0.2) is 83.3 Å². The number of ether oxygens (including phenoxy) is 1. The maximum absolute atomic E-state index is 12.9. The number of allylic oxidation sites excluding steroid dienone is 3. The SMILES string of the molecule is COc1ccc(S(=O)(=O)NC2=CC=C(C)Cc3cc(-c4ccccc4)nn32)cc1. The lowest BCUT2D eigenvalue weighted by Crippen LogP contribution is -2.26. The lowest BCUT2D eigenvalue weighted by Gasteiger charge is -2.13. The average molecular weight is 407 g/mol. The van der Waals surface area contributed by atoms with Crippen molar-refractivity contribution in [2.24, 2.45) is 0 Å². The number of nitrogens with zero attached hydrogens (tertiary/aromatic N) is 2. The third-order valence-electron chi connectivity index (χ3n) is 4.68. The summed E-state index contributed by atoms with van der Waals surface area (Å²) in [5.74, 6) is 0.980. The summed E-state index contributed by atoms with van der Waals surface area (Å²) < 4.78 is 35.3.